The molecule has 1 atom stereocenters. The van der Waals surface area contributed by atoms with Crippen LogP contribution in [0.2, 0.25) is 0 Å². The van der Waals surface area contributed by atoms with Crippen LogP contribution in [0.15, 0.2) is 24.3 Å². The second kappa shape index (κ2) is 4.60. The van der Waals surface area contributed by atoms with Gasteiger partial charge in [-0.25, -0.2) is 0 Å². The van der Waals surface area contributed by atoms with Gasteiger partial charge in [-0.15, -0.1) is 0 Å². The molecule has 76 valence electrons. The number of methoxy groups -OCH3 is 1. The SMILES string of the molecule is COc1cccc([C@@H](C)C[N+](=O)[O-])c1. The highest BCUT2D eigenvalue weighted by Gasteiger charge is 2.12. The Balaban J connectivity index is 2.78. The highest BCUT2D eigenvalue weighted by Crippen LogP contribution is 2.20. The van der Waals surface area contributed by atoms with Crippen molar-refractivity contribution < 1.29 is 9.66 Å². The molecule has 0 unspecified atom stereocenters. The van der Waals surface area contributed by atoms with Gasteiger partial charge in [0.15, 0.2) is 0 Å². The third-order valence-electron chi connectivity index (χ3n) is 2.09. The Morgan fingerprint density at radius 1 is 1.57 bits per heavy atom. The summed E-state index contributed by atoms with van der Waals surface area (Å²) in [6.45, 7) is 1.78. The van der Waals surface area contributed by atoms with E-state index < -0.39 is 0 Å². The Morgan fingerprint density at radius 2 is 2.29 bits per heavy atom. The predicted molar refractivity (Wildman–Crippen MR) is 53.3 cm³/mol. The second-order valence-electron chi connectivity index (χ2n) is 3.19. The first-order valence-corrected chi connectivity index (χ1v) is 4.39. The molecule has 0 saturated carbocycles. The molecule has 0 heterocycles. The number of rotatable bonds is 4. The van der Waals surface area contributed by atoms with Crippen molar-refractivity contribution in [3.8, 4) is 5.75 Å². The Bertz CT molecular complexity index is 325. The van der Waals surface area contributed by atoms with E-state index in [4.69, 9.17) is 4.74 Å². The van der Waals surface area contributed by atoms with Crippen molar-refractivity contribution in [2.75, 3.05) is 13.7 Å². The minimum Gasteiger partial charge on any atom is -0.497 e. The lowest BCUT2D eigenvalue weighted by molar-refractivity contribution is -0.482. The summed E-state index contributed by atoms with van der Waals surface area (Å²) in [6.07, 6.45) is 0. The molecule has 1 rings (SSSR count). The highest BCUT2D eigenvalue weighted by molar-refractivity contribution is 5.30. The lowest BCUT2D eigenvalue weighted by Gasteiger charge is -2.08. The lowest BCUT2D eigenvalue weighted by atomic mass is 10.0. The second-order valence-corrected chi connectivity index (χ2v) is 3.19. The molecular formula is C10H13NO3. The number of nitro groups is 1. The van der Waals surface area contributed by atoms with Crippen molar-refractivity contribution in [1.82, 2.24) is 0 Å². The van der Waals surface area contributed by atoms with Crippen molar-refractivity contribution in [3.05, 3.63) is 39.9 Å². The van der Waals surface area contributed by atoms with E-state index in [1.54, 1.807) is 7.11 Å². The van der Waals surface area contributed by atoms with E-state index in [0.29, 0.717) is 0 Å². The van der Waals surface area contributed by atoms with E-state index >= 15 is 0 Å². The minimum absolute atomic E-state index is 0.0484. The first kappa shape index (κ1) is 10.5. The molecule has 14 heavy (non-hydrogen) atoms. The summed E-state index contributed by atoms with van der Waals surface area (Å²) < 4.78 is 5.04. The Hall–Kier alpha value is -1.58. The number of nitrogens with zero attached hydrogens (tertiary/aromatic N) is 1. The molecule has 0 aliphatic carbocycles. The number of hydrogen-bond acceptors (Lipinski definition) is 3. The average Bonchev–Trinajstić information content (AvgIpc) is 2.17. The van der Waals surface area contributed by atoms with Gasteiger partial charge in [0, 0.05) is 10.8 Å². The number of benzene rings is 1. The van der Waals surface area contributed by atoms with Gasteiger partial charge in [0.2, 0.25) is 6.54 Å². The van der Waals surface area contributed by atoms with Gasteiger partial charge >= 0.3 is 0 Å². The van der Waals surface area contributed by atoms with Crippen molar-refractivity contribution in [2.45, 2.75) is 12.8 Å². The zero-order valence-corrected chi connectivity index (χ0v) is 8.27. The van der Waals surface area contributed by atoms with Crippen molar-refractivity contribution in [1.29, 1.82) is 0 Å². The molecule has 1 aromatic carbocycles. The van der Waals surface area contributed by atoms with Gasteiger partial charge in [0.1, 0.15) is 5.75 Å². The predicted octanol–water partition coefficient (Wildman–Crippen LogP) is 2.08. The van der Waals surface area contributed by atoms with Crippen LogP contribution in [0.3, 0.4) is 0 Å². The van der Waals surface area contributed by atoms with Crippen LogP contribution in [0.5, 0.6) is 5.75 Å². The van der Waals surface area contributed by atoms with Gasteiger partial charge in [-0.1, -0.05) is 19.1 Å². The monoisotopic (exact) mass is 195 g/mol. The van der Waals surface area contributed by atoms with Crippen LogP contribution in [0.1, 0.15) is 18.4 Å². The molecule has 4 heteroatoms. The van der Waals surface area contributed by atoms with Crippen LogP contribution in [-0.2, 0) is 0 Å². The summed E-state index contributed by atoms with van der Waals surface area (Å²) in [7, 11) is 1.58. The molecule has 0 bridgehead atoms. The number of hydrogen-bond donors (Lipinski definition) is 0. The molecule has 4 nitrogen and oxygen atoms in total. The molecule has 0 aliphatic rings. The maximum Gasteiger partial charge on any atom is 0.210 e. The molecule has 1 aromatic rings. The normalized spacial score (nSPS) is 12.1. The zero-order valence-electron chi connectivity index (χ0n) is 8.27. The summed E-state index contributed by atoms with van der Waals surface area (Å²) in [4.78, 5) is 10.0. The summed E-state index contributed by atoms with van der Waals surface area (Å²) >= 11 is 0. The Kier molecular flexibility index (Phi) is 3.45. The average molecular weight is 195 g/mol. The first-order valence-electron chi connectivity index (χ1n) is 4.39. The fourth-order valence-corrected chi connectivity index (χ4v) is 1.28. The molecule has 0 aliphatic heterocycles. The van der Waals surface area contributed by atoms with Gasteiger partial charge in [-0.2, -0.15) is 0 Å². The van der Waals surface area contributed by atoms with Crippen molar-refractivity contribution in [2.24, 2.45) is 0 Å². The molecule has 0 N–H and O–H groups in total. The van der Waals surface area contributed by atoms with Crippen LogP contribution < -0.4 is 4.74 Å². The van der Waals surface area contributed by atoms with E-state index in [1.807, 2.05) is 31.2 Å². The fraction of sp³-hybridized carbons (Fsp3) is 0.400. The van der Waals surface area contributed by atoms with Gasteiger partial charge in [0.25, 0.3) is 0 Å². The van der Waals surface area contributed by atoms with Crippen LogP contribution >= 0.6 is 0 Å². The van der Waals surface area contributed by atoms with Crippen LogP contribution in [0.25, 0.3) is 0 Å². The Labute approximate surface area is 82.7 Å². The van der Waals surface area contributed by atoms with E-state index in [0.717, 1.165) is 11.3 Å². The summed E-state index contributed by atoms with van der Waals surface area (Å²) in [5, 5.41) is 10.3. The van der Waals surface area contributed by atoms with E-state index in [-0.39, 0.29) is 17.4 Å². The third-order valence-corrected chi connectivity index (χ3v) is 2.09. The van der Waals surface area contributed by atoms with Gasteiger partial charge < -0.3 is 4.74 Å². The summed E-state index contributed by atoms with van der Waals surface area (Å²) in [6, 6.07) is 7.36. The smallest absolute Gasteiger partial charge is 0.210 e. The third kappa shape index (κ3) is 2.73. The largest absolute Gasteiger partial charge is 0.497 e. The van der Waals surface area contributed by atoms with Crippen LogP contribution in [0.4, 0.5) is 0 Å². The molecule has 0 saturated heterocycles. The van der Waals surface area contributed by atoms with Crippen molar-refractivity contribution in [3.63, 3.8) is 0 Å². The van der Waals surface area contributed by atoms with Crippen LogP contribution in [0, 0.1) is 10.1 Å². The molecule has 0 aromatic heterocycles. The highest BCUT2D eigenvalue weighted by atomic mass is 16.6. The minimum atomic E-state index is -0.301. The quantitative estimate of drug-likeness (QED) is 0.546. The zero-order chi connectivity index (χ0) is 10.6. The summed E-state index contributed by atoms with van der Waals surface area (Å²) in [5.74, 6) is 0.651. The molecule has 0 spiro atoms. The maximum atomic E-state index is 10.3. The van der Waals surface area contributed by atoms with Gasteiger partial charge in [-0.05, 0) is 17.7 Å². The first-order chi connectivity index (χ1) is 6.63. The molecule has 0 amide bonds. The maximum absolute atomic E-state index is 10.3. The fourth-order valence-electron chi connectivity index (χ4n) is 1.28. The van der Waals surface area contributed by atoms with Crippen LogP contribution in [-0.4, -0.2) is 18.6 Å². The van der Waals surface area contributed by atoms with E-state index in [2.05, 4.69) is 0 Å². The number of ether oxygens (including phenoxy) is 1. The van der Waals surface area contributed by atoms with Gasteiger partial charge in [-0.3, -0.25) is 10.1 Å². The molecular weight excluding hydrogens is 182 g/mol. The topological polar surface area (TPSA) is 52.4 Å². The van der Waals surface area contributed by atoms with Crippen molar-refractivity contribution >= 4 is 0 Å². The van der Waals surface area contributed by atoms with E-state index in [1.165, 1.54) is 0 Å². The van der Waals surface area contributed by atoms with Gasteiger partial charge in [0.05, 0.1) is 7.11 Å². The molecule has 0 fully saturated rings. The molecule has 0 radical (unpaired) electrons. The van der Waals surface area contributed by atoms with E-state index in [9.17, 15) is 10.1 Å². The Morgan fingerprint density at radius 3 is 2.86 bits per heavy atom. The summed E-state index contributed by atoms with van der Waals surface area (Å²) in [5.41, 5.74) is 0.932. The lowest BCUT2D eigenvalue weighted by Crippen LogP contribution is -2.09. The standard InChI is InChI=1S/C10H13NO3/c1-8(7-11(12)13)9-4-3-5-10(6-9)14-2/h3-6,8H,7H2,1-2H3/t8-/m0/s1.